The van der Waals surface area contributed by atoms with E-state index in [-0.39, 0.29) is 0 Å². The van der Waals surface area contributed by atoms with Gasteiger partial charge in [0, 0.05) is 30.4 Å². The smallest absolute Gasteiger partial charge is 0.142 e. The van der Waals surface area contributed by atoms with Gasteiger partial charge in [0.15, 0.2) is 0 Å². The molecule has 5 rings (SSSR count). The van der Waals surface area contributed by atoms with Crippen molar-refractivity contribution >= 4 is 23.0 Å². The number of nitrogens with zero attached hydrogens (tertiary/aromatic N) is 4. The highest BCUT2D eigenvalue weighted by atomic mass is 32.2. The Bertz CT molecular complexity index is 1240. The summed E-state index contributed by atoms with van der Waals surface area (Å²) >= 11 is 1.70. The first-order chi connectivity index (χ1) is 15.6. The zero-order valence-corrected chi connectivity index (χ0v) is 19.9. The van der Waals surface area contributed by atoms with Gasteiger partial charge in [-0.3, -0.25) is 5.10 Å². The van der Waals surface area contributed by atoms with E-state index in [2.05, 4.69) is 70.0 Å². The van der Waals surface area contributed by atoms with Crippen molar-refractivity contribution < 1.29 is 4.74 Å². The quantitative estimate of drug-likeness (QED) is 0.362. The lowest BCUT2D eigenvalue weighted by atomic mass is 10.0. The molecule has 1 fully saturated rings. The van der Waals surface area contributed by atoms with Gasteiger partial charge in [-0.2, -0.15) is 10.2 Å². The monoisotopic (exact) mass is 447 g/mol. The third-order valence-electron chi connectivity index (χ3n) is 6.13. The molecule has 0 radical (unpaired) electrons. The molecule has 6 nitrogen and oxygen atoms in total. The highest BCUT2D eigenvalue weighted by Gasteiger charge is 2.28. The van der Waals surface area contributed by atoms with E-state index < -0.39 is 0 Å². The molecule has 1 aliphatic carbocycles. The molecule has 0 amide bonds. The lowest BCUT2D eigenvalue weighted by Gasteiger charge is -2.24. The number of aromatic nitrogens is 4. The minimum Gasteiger partial charge on any atom is -0.496 e. The van der Waals surface area contributed by atoms with Crippen molar-refractivity contribution in [2.45, 2.75) is 38.3 Å². The van der Waals surface area contributed by atoms with Gasteiger partial charge in [0.1, 0.15) is 10.8 Å². The van der Waals surface area contributed by atoms with Crippen molar-refractivity contribution in [2.75, 3.05) is 24.8 Å². The molecule has 4 aromatic rings. The molecule has 0 aliphatic heterocycles. The normalized spacial score (nSPS) is 13.6. The summed E-state index contributed by atoms with van der Waals surface area (Å²) in [5, 5.41) is 13.2. The van der Waals surface area contributed by atoms with E-state index in [1.54, 1.807) is 18.9 Å². The Kier molecular flexibility index (Phi) is 5.59. The van der Waals surface area contributed by atoms with Gasteiger partial charge in [-0.05, 0) is 68.2 Å². The molecule has 3 heterocycles. The van der Waals surface area contributed by atoms with Gasteiger partial charge in [0.2, 0.25) is 0 Å². The maximum absolute atomic E-state index is 5.79. The van der Waals surface area contributed by atoms with E-state index in [4.69, 9.17) is 9.84 Å². The number of hydrogen-bond acceptors (Lipinski definition) is 5. The molecule has 1 aliphatic rings. The molecule has 0 spiro atoms. The first kappa shape index (κ1) is 20.9. The van der Waals surface area contributed by atoms with E-state index in [0.29, 0.717) is 0 Å². The molecule has 0 unspecified atom stereocenters. The molecule has 32 heavy (non-hydrogen) atoms. The third kappa shape index (κ3) is 3.86. The van der Waals surface area contributed by atoms with Crippen LogP contribution in [0.25, 0.3) is 16.8 Å². The van der Waals surface area contributed by atoms with Crippen LogP contribution in [-0.4, -0.2) is 39.7 Å². The molecule has 3 aromatic heterocycles. The summed E-state index contributed by atoms with van der Waals surface area (Å²) in [6.07, 6.45) is 8.61. The Balaban J connectivity index is 1.68. The number of aromatic amines is 1. The zero-order valence-electron chi connectivity index (χ0n) is 19.1. The number of nitrogens with one attached hydrogen (secondary N) is 1. The van der Waals surface area contributed by atoms with Gasteiger partial charge in [-0.25, -0.2) is 4.52 Å². The van der Waals surface area contributed by atoms with Crippen molar-refractivity contribution in [3.8, 4) is 17.0 Å². The first-order valence-electron chi connectivity index (χ1n) is 11.0. The molecule has 0 atom stereocenters. The highest BCUT2D eigenvalue weighted by Crippen LogP contribution is 2.41. The number of anilines is 1. The van der Waals surface area contributed by atoms with Crippen LogP contribution in [0.4, 0.5) is 5.69 Å². The van der Waals surface area contributed by atoms with E-state index >= 15 is 0 Å². The summed E-state index contributed by atoms with van der Waals surface area (Å²) in [4.78, 5) is 2.49. The van der Waals surface area contributed by atoms with Crippen molar-refractivity contribution in [2.24, 2.45) is 5.92 Å². The maximum atomic E-state index is 5.79. The third-order valence-corrected chi connectivity index (χ3v) is 6.80. The Morgan fingerprint density at radius 1 is 1.25 bits per heavy atom. The molecule has 1 N–H and O–H groups in total. The van der Waals surface area contributed by atoms with Crippen LogP contribution in [-0.2, 0) is 6.54 Å². The molecule has 166 valence electrons. The number of hydrogen-bond donors (Lipinski definition) is 1. The summed E-state index contributed by atoms with van der Waals surface area (Å²) in [6, 6.07) is 10.7. The fourth-order valence-corrected chi connectivity index (χ4v) is 5.10. The van der Waals surface area contributed by atoms with Crippen molar-refractivity contribution in [1.82, 2.24) is 19.8 Å². The number of H-pyrrole nitrogens is 1. The summed E-state index contributed by atoms with van der Waals surface area (Å²) < 4.78 is 7.88. The predicted octanol–water partition coefficient (Wildman–Crippen LogP) is 5.49. The largest absolute Gasteiger partial charge is 0.496 e. The predicted molar refractivity (Wildman–Crippen MR) is 131 cm³/mol. The van der Waals surface area contributed by atoms with E-state index in [1.165, 1.54) is 35.2 Å². The highest BCUT2D eigenvalue weighted by molar-refractivity contribution is 7.98. The lowest BCUT2D eigenvalue weighted by Crippen LogP contribution is -2.25. The fourth-order valence-electron chi connectivity index (χ4n) is 4.51. The van der Waals surface area contributed by atoms with Gasteiger partial charge < -0.3 is 9.64 Å². The minimum absolute atomic E-state index is 0.758. The second-order valence-corrected chi connectivity index (χ2v) is 9.45. The Hall–Kier alpha value is -2.93. The average Bonchev–Trinajstić information content (AvgIpc) is 3.29. The number of fused-ring (bicyclic) bond motifs is 1. The van der Waals surface area contributed by atoms with Crippen LogP contribution in [0.2, 0.25) is 0 Å². The van der Waals surface area contributed by atoms with Crippen LogP contribution in [0.1, 0.15) is 29.5 Å². The average molecular weight is 448 g/mol. The number of benzene rings is 1. The van der Waals surface area contributed by atoms with Crippen LogP contribution in [0.3, 0.4) is 0 Å². The van der Waals surface area contributed by atoms with Crippen LogP contribution in [0.5, 0.6) is 5.75 Å². The van der Waals surface area contributed by atoms with E-state index in [1.807, 2.05) is 12.4 Å². The Labute approximate surface area is 193 Å². The van der Waals surface area contributed by atoms with Crippen molar-refractivity contribution in [3.05, 3.63) is 59.4 Å². The van der Waals surface area contributed by atoms with Gasteiger partial charge >= 0.3 is 0 Å². The van der Waals surface area contributed by atoms with Crippen LogP contribution < -0.4 is 9.64 Å². The SMILES string of the molecule is COc1cc(C)cc(C)c1-c1cccc2c(N(Cc3cn[nH]c3)CC3CC3)c(SC)nn12. The van der Waals surface area contributed by atoms with Crippen molar-refractivity contribution in [1.29, 1.82) is 0 Å². The number of aryl methyl sites for hydroxylation is 2. The molecule has 1 saturated carbocycles. The maximum Gasteiger partial charge on any atom is 0.142 e. The summed E-state index contributed by atoms with van der Waals surface area (Å²) in [5.74, 6) is 1.64. The number of thioether (sulfide) groups is 1. The van der Waals surface area contributed by atoms with Gasteiger partial charge in [-0.15, -0.1) is 11.8 Å². The number of ether oxygens (including phenoxy) is 1. The standard InChI is InChI=1S/C25H29N5OS/c1-16-10-17(2)23(22(11-16)31-3)20-6-5-7-21-24(25(32-4)28-30(20)21)29(14-18-8-9-18)15-19-12-26-27-13-19/h5-7,10-13,18H,8-9,14-15H2,1-4H3,(H,26,27). The topological polar surface area (TPSA) is 58.5 Å². The molecule has 7 heteroatoms. The molecule has 1 aromatic carbocycles. The minimum atomic E-state index is 0.758. The fraction of sp³-hybridized carbons (Fsp3) is 0.360. The first-order valence-corrected chi connectivity index (χ1v) is 12.3. The second-order valence-electron chi connectivity index (χ2n) is 8.66. The lowest BCUT2D eigenvalue weighted by molar-refractivity contribution is 0.415. The van der Waals surface area contributed by atoms with Crippen LogP contribution >= 0.6 is 11.8 Å². The second kappa shape index (κ2) is 8.54. The number of pyridine rings is 1. The summed E-state index contributed by atoms with van der Waals surface area (Å²) in [6.45, 7) is 6.10. The molecular weight excluding hydrogens is 418 g/mol. The summed E-state index contributed by atoms with van der Waals surface area (Å²) in [5.41, 5.74) is 8.03. The van der Waals surface area contributed by atoms with Gasteiger partial charge in [0.05, 0.1) is 30.2 Å². The van der Waals surface area contributed by atoms with Gasteiger partial charge in [0.25, 0.3) is 0 Å². The Morgan fingerprint density at radius 2 is 2.09 bits per heavy atom. The van der Waals surface area contributed by atoms with Crippen molar-refractivity contribution in [3.63, 3.8) is 0 Å². The number of methoxy groups -OCH3 is 1. The Morgan fingerprint density at radius 3 is 2.78 bits per heavy atom. The molecule has 0 bridgehead atoms. The number of rotatable bonds is 8. The molecule has 0 saturated heterocycles. The van der Waals surface area contributed by atoms with E-state index in [9.17, 15) is 0 Å². The van der Waals surface area contributed by atoms with Crippen LogP contribution in [0, 0.1) is 19.8 Å². The molecular formula is C25H29N5OS. The zero-order chi connectivity index (χ0) is 22.2. The van der Waals surface area contributed by atoms with Gasteiger partial charge in [-0.1, -0.05) is 12.1 Å². The van der Waals surface area contributed by atoms with Crippen LogP contribution in [0.15, 0.2) is 47.8 Å². The summed E-state index contributed by atoms with van der Waals surface area (Å²) in [7, 11) is 1.74. The van der Waals surface area contributed by atoms with E-state index in [0.717, 1.165) is 46.6 Å².